The summed E-state index contributed by atoms with van der Waals surface area (Å²) < 4.78 is 6.36. The Morgan fingerprint density at radius 2 is 2.22 bits per heavy atom. The van der Waals surface area contributed by atoms with Gasteiger partial charge in [0.2, 0.25) is 5.95 Å². The van der Waals surface area contributed by atoms with Crippen molar-refractivity contribution in [1.29, 1.82) is 0 Å². The van der Waals surface area contributed by atoms with Crippen LogP contribution in [0, 0.1) is 0 Å². The molecule has 0 spiro atoms. The summed E-state index contributed by atoms with van der Waals surface area (Å²) in [5.41, 5.74) is 0.792. The molecule has 2 aromatic rings. The molecule has 0 saturated heterocycles. The maximum atomic E-state index is 11.7. The van der Waals surface area contributed by atoms with Crippen LogP contribution in [-0.4, -0.2) is 32.3 Å². The summed E-state index contributed by atoms with van der Waals surface area (Å²) in [5.74, 6) is -0.0503. The normalized spacial score (nSPS) is 10.1. The van der Waals surface area contributed by atoms with Crippen LogP contribution in [0.25, 0.3) is 12.0 Å². The molecule has 6 nitrogen and oxygen atoms in total. The maximum absolute atomic E-state index is 11.7. The van der Waals surface area contributed by atoms with Gasteiger partial charge in [-0.1, -0.05) is 6.58 Å². The second-order valence-electron chi connectivity index (χ2n) is 3.35. The van der Waals surface area contributed by atoms with Crippen LogP contribution in [0.3, 0.4) is 0 Å². The first-order valence-electron chi connectivity index (χ1n) is 5.43. The van der Waals surface area contributed by atoms with Crippen molar-refractivity contribution in [3.63, 3.8) is 0 Å². The lowest BCUT2D eigenvalue weighted by atomic mass is 10.2. The second-order valence-corrected chi connectivity index (χ2v) is 3.35. The average Bonchev–Trinajstić information content (AvgIpc) is 2.84. The van der Waals surface area contributed by atoms with Crippen molar-refractivity contribution in [2.24, 2.45) is 0 Å². The van der Waals surface area contributed by atoms with E-state index < -0.39 is 5.97 Å². The summed E-state index contributed by atoms with van der Waals surface area (Å²) in [7, 11) is 0. The summed E-state index contributed by atoms with van der Waals surface area (Å²) in [5, 5.41) is 4.18. The molecule has 0 fully saturated rings. The van der Waals surface area contributed by atoms with Gasteiger partial charge >= 0.3 is 5.97 Å². The van der Waals surface area contributed by atoms with Gasteiger partial charge in [0.1, 0.15) is 5.56 Å². The largest absolute Gasteiger partial charge is 0.462 e. The first-order valence-corrected chi connectivity index (χ1v) is 5.43. The fraction of sp³-hybridized carbons (Fsp3) is 0.167. The number of carbonyl (C=O) groups excluding carboxylic acids is 1. The highest BCUT2D eigenvalue weighted by atomic mass is 16.5. The molecule has 0 bridgehead atoms. The number of aromatic nitrogens is 4. The Morgan fingerprint density at radius 1 is 1.50 bits per heavy atom. The van der Waals surface area contributed by atoms with E-state index >= 15 is 0 Å². The van der Waals surface area contributed by atoms with Crippen molar-refractivity contribution >= 4 is 12.0 Å². The average molecular weight is 244 g/mol. The van der Waals surface area contributed by atoms with E-state index in [1.54, 1.807) is 25.4 Å². The Hall–Kier alpha value is -2.50. The van der Waals surface area contributed by atoms with Gasteiger partial charge in [0.05, 0.1) is 12.3 Å². The summed E-state index contributed by atoms with van der Waals surface area (Å²) >= 11 is 0. The molecular formula is C12H12N4O2. The highest BCUT2D eigenvalue weighted by molar-refractivity contribution is 5.92. The van der Waals surface area contributed by atoms with Gasteiger partial charge in [-0.3, -0.25) is 0 Å². The van der Waals surface area contributed by atoms with E-state index in [9.17, 15) is 4.79 Å². The molecule has 0 aliphatic rings. The van der Waals surface area contributed by atoms with E-state index in [2.05, 4.69) is 21.6 Å². The standard InChI is InChI=1S/C12H12N4O2/c1-3-10-9(11(17)18-4-2)8-16(15-10)12-13-6-5-7-14-12/h3,5-8H,1,4H2,2H3. The van der Waals surface area contributed by atoms with Crippen LogP contribution in [0.1, 0.15) is 23.0 Å². The summed E-state index contributed by atoms with van der Waals surface area (Å²) in [6.45, 7) is 5.67. The van der Waals surface area contributed by atoms with E-state index in [4.69, 9.17) is 4.74 Å². The highest BCUT2D eigenvalue weighted by Crippen LogP contribution is 2.12. The number of ether oxygens (including phenoxy) is 1. The molecule has 0 aromatic carbocycles. The summed E-state index contributed by atoms with van der Waals surface area (Å²) in [4.78, 5) is 19.8. The zero-order chi connectivity index (χ0) is 13.0. The molecule has 6 heteroatoms. The van der Waals surface area contributed by atoms with Crippen LogP contribution in [0.2, 0.25) is 0 Å². The van der Waals surface area contributed by atoms with E-state index in [0.717, 1.165) is 0 Å². The van der Waals surface area contributed by atoms with Gasteiger partial charge in [-0.2, -0.15) is 5.10 Å². The fourth-order valence-corrected chi connectivity index (χ4v) is 1.42. The lowest BCUT2D eigenvalue weighted by Gasteiger charge is -1.98. The molecule has 92 valence electrons. The van der Waals surface area contributed by atoms with Crippen LogP contribution in [-0.2, 0) is 4.74 Å². The van der Waals surface area contributed by atoms with E-state index in [1.807, 2.05) is 0 Å². The first kappa shape index (κ1) is 12.0. The minimum Gasteiger partial charge on any atom is -0.462 e. The monoisotopic (exact) mass is 244 g/mol. The molecule has 0 unspecified atom stereocenters. The number of hydrogen-bond acceptors (Lipinski definition) is 5. The van der Waals surface area contributed by atoms with Crippen LogP contribution in [0.5, 0.6) is 0 Å². The smallest absolute Gasteiger partial charge is 0.341 e. The third-order valence-electron chi connectivity index (χ3n) is 2.19. The van der Waals surface area contributed by atoms with Crippen molar-refractivity contribution in [3.05, 3.63) is 42.5 Å². The summed E-state index contributed by atoms with van der Waals surface area (Å²) in [6.07, 6.45) is 6.22. The van der Waals surface area contributed by atoms with E-state index in [1.165, 1.54) is 17.0 Å². The lowest BCUT2D eigenvalue weighted by molar-refractivity contribution is 0.0526. The quantitative estimate of drug-likeness (QED) is 0.762. The molecule has 0 radical (unpaired) electrons. The van der Waals surface area contributed by atoms with Crippen molar-refractivity contribution in [2.75, 3.05) is 6.61 Å². The van der Waals surface area contributed by atoms with E-state index in [0.29, 0.717) is 23.8 Å². The number of hydrogen-bond donors (Lipinski definition) is 0. The van der Waals surface area contributed by atoms with E-state index in [-0.39, 0.29) is 0 Å². The molecule has 0 aliphatic heterocycles. The first-order chi connectivity index (χ1) is 8.76. The van der Waals surface area contributed by atoms with Crippen molar-refractivity contribution in [2.45, 2.75) is 6.92 Å². The predicted molar refractivity (Wildman–Crippen MR) is 65.2 cm³/mol. The zero-order valence-electron chi connectivity index (χ0n) is 9.91. The lowest BCUT2D eigenvalue weighted by Crippen LogP contribution is -2.05. The van der Waals surface area contributed by atoms with Gasteiger partial charge < -0.3 is 4.74 Å². The second kappa shape index (κ2) is 5.22. The Morgan fingerprint density at radius 3 is 2.83 bits per heavy atom. The molecule has 0 N–H and O–H groups in total. The topological polar surface area (TPSA) is 69.9 Å². The van der Waals surface area contributed by atoms with Crippen LogP contribution < -0.4 is 0 Å². The Bertz CT molecular complexity index is 563. The number of rotatable bonds is 4. The molecule has 0 atom stereocenters. The van der Waals surface area contributed by atoms with Gasteiger partial charge in [-0.15, -0.1) is 0 Å². The Balaban J connectivity index is 2.41. The number of nitrogens with zero attached hydrogens (tertiary/aromatic N) is 4. The Kier molecular flexibility index (Phi) is 3.47. The number of esters is 1. The third kappa shape index (κ3) is 2.27. The minimum absolute atomic E-state index is 0.308. The maximum Gasteiger partial charge on any atom is 0.341 e. The van der Waals surface area contributed by atoms with Crippen molar-refractivity contribution < 1.29 is 9.53 Å². The molecule has 2 heterocycles. The molecule has 2 rings (SSSR count). The molecule has 2 aromatic heterocycles. The predicted octanol–water partition coefficient (Wildman–Crippen LogP) is 1.48. The van der Waals surface area contributed by atoms with Gasteiger partial charge in [0, 0.05) is 18.6 Å². The number of carbonyl (C=O) groups is 1. The highest BCUT2D eigenvalue weighted by Gasteiger charge is 2.16. The molecule has 18 heavy (non-hydrogen) atoms. The van der Waals surface area contributed by atoms with Crippen LogP contribution in [0.4, 0.5) is 0 Å². The molecule has 0 saturated carbocycles. The van der Waals surface area contributed by atoms with Crippen LogP contribution in [0.15, 0.2) is 31.2 Å². The van der Waals surface area contributed by atoms with Gasteiger partial charge in [0.25, 0.3) is 0 Å². The van der Waals surface area contributed by atoms with Gasteiger partial charge in [-0.25, -0.2) is 19.4 Å². The minimum atomic E-state index is -0.436. The SMILES string of the molecule is C=Cc1nn(-c2ncccn2)cc1C(=O)OCC. The fourth-order valence-electron chi connectivity index (χ4n) is 1.42. The van der Waals surface area contributed by atoms with Crippen molar-refractivity contribution in [1.82, 2.24) is 19.7 Å². The zero-order valence-corrected chi connectivity index (χ0v) is 9.91. The van der Waals surface area contributed by atoms with Gasteiger partial charge in [0.15, 0.2) is 0 Å². The molecule has 0 aliphatic carbocycles. The van der Waals surface area contributed by atoms with Crippen molar-refractivity contribution in [3.8, 4) is 5.95 Å². The summed E-state index contributed by atoms with van der Waals surface area (Å²) in [6, 6.07) is 1.70. The van der Waals surface area contributed by atoms with Gasteiger partial charge in [-0.05, 0) is 19.1 Å². The Labute approximate surface area is 104 Å². The molecule has 0 amide bonds. The molecular weight excluding hydrogens is 232 g/mol. The third-order valence-corrected chi connectivity index (χ3v) is 2.19. The van der Waals surface area contributed by atoms with Crippen LogP contribution >= 0.6 is 0 Å².